The van der Waals surface area contributed by atoms with Crippen molar-refractivity contribution < 1.29 is 4.74 Å². The molecule has 0 saturated heterocycles. The highest BCUT2D eigenvalue weighted by atomic mass is 32.1. The Morgan fingerprint density at radius 3 is 2.69 bits per heavy atom. The zero-order valence-electron chi connectivity index (χ0n) is 18.8. The molecule has 1 aromatic carbocycles. The fraction of sp³-hybridized carbons (Fsp3) is 0.320. The molecular formula is C25H27N3O3S. The summed E-state index contributed by atoms with van der Waals surface area (Å²) in [5.74, 6) is 1.20. The van der Waals surface area contributed by atoms with Crippen LogP contribution in [0.3, 0.4) is 0 Å². The Bertz CT molecular complexity index is 1380. The van der Waals surface area contributed by atoms with Gasteiger partial charge in [0.1, 0.15) is 10.7 Å². The first kappa shape index (κ1) is 22.0. The van der Waals surface area contributed by atoms with Crippen LogP contribution in [0.1, 0.15) is 36.9 Å². The molecule has 0 fully saturated rings. The zero-order valence-corrected chi connectivity index (χ0v) is 19.6. The van der Waals surface area contributed by atoms with E-state index in [2.05, 4.69) is 11.9 Å². The summed E-state index contributed by atoms with van der Waals surface area (Å²) in [5.41, 5.74) is 2.26. The first-order valence-corrected chi connectivity index (χ1v) is 11.6. The molecule has 6 nitrogen and oxygen atoms in total. The summed E-state index contributed by atoms with van der Waals surface area (Å²) in [6.45, 7) is 8.81. The van der Waals surface area contributed by atoms with E-state index in [1.54, 1.807) is 22.1 Å². The molecule has 4 aromatic rings. The van der Waals surface area contributed by atoms with Crippen molar-refractivity contribution in [3.05, 3.63) is 79.3 Å². The number of rotatable bonds is 7. The lowest BCUT2D eigenvalue weighted by atomic mass is 10.1. The van der Waals surface area contributed by atoms with Gasteiger partial charge in [-0.15, -0.1) is 11.3 Å². The van der Waals surface area contributed by atoms with Crippen molar-refractivity contribution in [3.63, 3.8) is 0 Å². The molecule has 4 rings (SSSR count). The number of nitrogens with one attached hydrogen (secondary N) is 1. The molecule has 7 heteroatoms. The monoisotopic (exact) mass is 449 g/mol. The summed E-state index contributed by atoms with van der Waals surface area (Å²) in [4.78, 5) is 35.9. The van der Waals surface area contributed by atoms with Gasteiger partial charge in [0.25, 0.3) is 5.56 Å². The van der Waals surface area contributed by atoms with Crippen LogP contribution in [0.15, 0.2) is 52.2 Å². The van der Waals surface area contributed by atoms with Crippen molar-refractivity contribution in [2.24, 2.45) is 5.92 Å². The van der Waals surface area contributed by atoms with Gasteiger partial charge in [-0.2, -0.15) is 0 Å². The van der Waals surface area contributed by atoms with Crippen molar-refractivity contribution in [2.75, 3.05) is 6.61 Å². The molecule has 0 aliphatic carbocycles. The fourth-order valence-corrected chi connectivity index (χ4v) is 4.48. The van der Waals surface area contributed by atoms with E-state index in [1.807, 2.05) is 51.1 Å². The predicted octanol–water partition coefficient (Wildman–Crippen LogP) is 4.77. The molecule has 0 unspecified atom stereocenters. The molecule has 0 spiro atoms. The van der Waals surface area contributed by atoms with E-state index in [0.717, 1.165) is 27.3 Å². The van der Waals surface area contributed by atoms with Crippen LogP contribution in [-0.2, 0) is 13.0 Å². The molecule has 32 heavy (non-hydrogen) atoms. The molecule has 1 N–H and O–H groups in total. The van der Waals surface area contributed by atoms with Gasteiger partial charge in [0, 0.05) is 28.4 Å². The summed E-state index contributed by atoms with van der Waals surface area (Å²) >= 11 is 1.55. The topological polar surface area (TPSA) is 77.0 Å². The van der Waals surface area contributed by atoms with Gasteiger partial charge in [0.15, 0.2) is 5.75 Å². The SMILES string of the molecule is CCc1cc2c(=O)n(Cc3cc(=O)c(OCC(C)C)c[nH]3)c(-c3cccc(C)c3)nc2s1. The normalized spacial score (nSPS) is 11.4. The Balaban J connectivity index is 1.81. The molecular weight excluding hydrogens is 422 g/mol. The molecule has 166 valence electrons. The Kier molecular flexibility index (Phi) is 6.28. The molecule has 0 aliphatic heterocycles. The van der Waals surface area contributed by atoms with Crippen molar-refractivity contribution in [3.8, 4) is 17.1 Å². The second kappa shape index (κ2) is 9.12. The first-order valence-electron chi connectivity index (χ1n) is 10.8. The second-order valence-electron chi connectivity index (χ2n) is 8.37. The first-order chi connectivity index (χ1) is 15.4. The number of aromatic amines is 1. The van der Waals surface area contributed by atoms with E-state index in [0.29, 0.717) is 29.4 Å². The Labute approximate surface area is 190 Å². The van der Waals surface area contributed by atoms with E-state index in [9.17, 15) is 9.59 Å². The maximum atomic E-state index is 13.5. The number of H-pyrrole nitrogens is 1. The van der Waals surface area contributed by atoms with Crippen LogP contribution in [-0.4, -0.2) is 21.1 Å². The third kappa shape index (κ3) is 4.53. The van der Waals surface area contributed by atoms with Gasteiger partial charge >= 0.3 is 0 Å². The van der Waals surface area contributed by atoms with Gasteiger partial charge in [0.2, 0.25) is 5.43 Å². The summed E-state index contributed by atoms with van der Waals surface area (Å²) < 4.78 is 7.22. The number of benzene rings is 1. The smallest absolute Gasteiger partial charge is 0.262 e. The van der Waals surface area contributed by atoms with E-state index in [-0.39, 0.29) is 23.3 Å². The van der Waals surface area contributed by atoms with Crippen molar-refractivity contribution in [2.45, 2.75) is 40.7 Å². The van der Waals surface area contributed by atoms with E-state index in [4.69, 9.17) is 9.72 Å². The molecule has 0 saturated carbocycles. The molecule has 0 radical (unpaired) electrons. The van der Waals surface area contributed by atoms with E-state index < -0.39 is 0 Å². The van der Waals surface area contributed by atoms with Crippen molar-refractivity contribution in [1.82, 2.24) is 14.5 Å². The number of aryl methyl sites for hydroxylation is 2. The average molecular weight is 450 g/mol. The summed E-state index contributed by atoms with van der Waals surface area (Å²) in [6, 6.07) is 11.4. The highest BCUT2D eigenvalue weighted by Gasteiger charge is 2.16. The van der Waals surface area contributed by atoms with Gasteiger partial charge < -0.3 is 9.72 Å². The molecule has 0 aliphatic rings. The lowest BCUT2D eigenvalue weighted by Crippen LogP contribution is -2.24. The van der Waals surface area contributed by atoms with Gasteiger partial charge in [0.05, 0.1) is 18.5 Å². The van der Waals surface area contributed by atoms with Crippen LogP contribution in [0.4, 0.5) is 0 Å². The van der Waals surface area contributed by atoms with E-state index in [1.165, 1.54) is 6.07 Å². The molecule has 3 heterocycles. The largest absolute Gasteiger partial charge is 0.488 e. The standard InChI is InChI=1S/C25H27N3O3S/c1-5-19-11-20-24(32-19)27-23(17-8-6-7-16(4)9-17)28(25(20)30)13-18-10-21(29)22(12-26-18)31-14-15(2)3/h6-12,15H,5,13-14H2,1-4H3,(H,26,29). The van der Waals surface area contributed by atoms with Gasteiger partial charge in [-0.1, -0.05) is 44.5 Å². The molecule has 0 bridgehead atoms. The number of aromatic nitrogens is 3. The molecule has 0 atom stereocenters. The predicted molar refractivity (Wildman–Crippen MR) is 130 cm³/mol. The van der Waals surface area contributed by atoms with Crippen LogP contribution < -0.4 is 15.7 Å². The maximum Gasteiger partial charge on any atom is 0.262 e. The Hall–Kier alpha value is -3.19. The lowest BCUT2D eigenvalue weighted by Gasteiger charge is -2.14. The maximum absolute atomic E-state index is 13.5. The van der Waals surface area contributed by atoms with Gasteiger partial charge in [-0.3, -0.25) is 14.2 Å². The third-order valence-corrected chi connectivity index (χ3v) is 6.34. The summed E-state index contributed by atoms with van der Waals surface area (Å²) in [7, 11) is 0. The zero-order chi connectivity index (χ0) is 22.8. The minimum absolute atomic E-state index is 0.108. The van der Waals surface area contributed by atoms with Gasteiger partial charge in [-0.25, -0.2) is 4.98 Å². The lowest BCUT2D eigenvalue weighted by molar-refractivity contribution is 0.267. The number of fused-ring (bicyclic) bond motifs is 1. The highest BCUT2D eigenvalue weighted by molar-refractivity contribution is 7.18. The van der Waals surface area contributed by atoms with Crippen LogP contribution >= 0.6 is 11.3 Å². The number of nitrogens with zero attached hydrogens (tertiary/aromatic N) is 2. The van der Waals surface area contributed by atoms with Crippen molar-refractivity contribution in [1.29, 1.82) is 0 Å². The summed E-state index contributed by atoms with van der Waals surface area (Å²) in [6.07, 6.45) is 2.43. The number of thiophene rings is 1. The number of hydrogen-bond acceptors (Lipinski definition) is 5. The Morgan fingerprint density at radius 2 is 2.00 bits per heavy atom. The molecule has 3 aromatic heterocycles. The number of ether oxygens (including phenoxy) is 1. The number of hydrogen-bond donors (Lipinski definition) is 1. The number of pyridine rings is 1. The molecule has 0 amide bonds. The van der Waals surface area contributed by atoms with Crippen LogP contribution in [0.5, 0.6) is 5.75 Å². The fourth-order valence-electron chi connectivity index (χ4n) is 3.52. The highest BCUT2D eigenvalue weighted by Crippen LogP contribution is 2.26. The minimum Gasteiger partial charge on any atom is -0.488 e. The minimum atomic E-state index is -0.206. The van der Waals surface area contributed by atoms with Crippen LogP contribution in [0, 0.1) is 12.8 Å². The third-order valence-electron chi connectivity index (χ3n) is 5.16. The summed E-state index contributed by atoms with van der Waals surface area (Å²) in [5, 5.41) is 0.613. The quantitative estimate of drug-likeness (QED) is 0.441. The van der Waals surface area contributed by atoms with E-state index >= 15 is 0 Å². The van der Waals surface area contributed by atoms with Gasteiger partial charge in [-0.05, 0) is 31.4 Å². The van der Waals surface area contributed by atoms with Crippen LogP contribution in [0.25, 0.3) is 21.6 Å². The average Bonchev–Trinajstić information content (AvgIpc) is 3.18. The Morgan fingerprint density at radius 1 is 1.19 bits per heavy atom. The second-order valence-corrected chi connectivity index (χ2v) is 9.49. The van der Waals surface area contributed by atoms with Crippen LogP contribution in [0.2, 0.25) is 0 Å². The van der Waals surface area contributed by atoms with Crippen molar-refractivity contribution >= 4 is 21.6 Å².